The minimum atomic E-state index is 0.143. The molecule has 3 heteroatoms. The SMILES string of the molecule is O=C(Br)CCCCN1CCC(CCCc2ccccc2)CC1. The molecule has 1 aromatic rings. The van der Waals surface area contributed by atoms with Gasteiger partial charge in [-0.25, -0.2) is 0 Å². The molecule has 22 heavy (non-hydrogen) atoms. The van der Waals surface area contributed by atoms with Gasteiger partial charge in [0.2, 0.25) is 0 Å². The number of benzene rings is 1. The van der Waals surface area contributed by atoms with E-state index >= 15 is 0 Å². The molecule has 0 spiro atoms. The van der Waals surface area contributed by atoms with Gasteiger partial charge < -0.3 is 4.90 Å². The summed E-state index contributed by atoms with van der Waals surface area (Å²) in [6, 6.07) is 10.8. The van der Waals surface area contributed by atoms with Gasteiger partial charge in [0.15, 0.2) is 4.69 Å². The third kappa shape index (κ3) is 7.06. The number of piperidine rings is 1. The van der Waals surface area contributed by atoms with Crippen molar-refractivity contribution in [3.8, 4) is 0 Å². The lowest BCUT2D eigenvalue weighted by molar-refractivity contribution is -0.110. The number of aryl methyl sites for hydroxylation is 1. The van der Waals surface area contributed by atoms with Crippen LogP contribution < -0.4 is 0 Å². The van der Waals surface area contributed by atoms with Gasteiger partial charge in [-0.05, 0) is 85.6 Å². The van der Waals surface area contributed by atoms with E-state index in [2.05, 4.69) is 51.2 Å². The van der Waals surface area contributed by atoms with Crippen LogP contribution in [-0.4, -0.2) is 29.2 Å². The van der Waals surface area contributed by atoms with Gasteiger partial charge in [-0.1, -0.05) is 36.8 Å². The maximum absolute atomic E-state index is 10.8. The summed E-state index contributed by atoms with van der Waals surface area (Å²) in [5.74, 6) is 0.920. The highest BCUT2D eigenvalue weighted by atomic mass is 79.9. The second-order valence-electron chi connectivity index (χ2n) is 6.48. The molecule has 1 saturated heterocycles. The Morgan fingerprint density at radius 1 is 1.09 bits per heavy atom. The van der Waals surface area contributed by atoms with Crippen LogP contribution >= 0.6 is 15.9 Å². The number of hydrogen-bond donors (Lipinski definition) is 0. The van der Waals surface area contributed by atoms with Crippen LogP contribution in [0.2, 0.25) is 0 Å². The van der Waals surface area contributed by atoms with E-state index < -0.39 is 0 Å². The number of carbonyl (C=O) groups excluding carboxylic acids is 1. The molecule has 1 fully saturated rings. The zero-order valence-electron chi connectivity index (χ0n) is 13.5. The van der Waals surface area contributed by atoms with Crippen LogP contribution in [0.3, 0.4) is 0 Å². The van der Waals surface area contributed by atoms with E-state index in [4.69, 9.17) is 0 Å². The molecule has 0 saturated carbocycles. The normalized spacial score (nSPS) is 16.8. The van der Waals surface area contributed by atoms with Gasteiger partial charge in [0, 0.05) is 6.42 Å². The number of unbranched alkanes of at least 4 members (excludes halogenated alkanes) is 1. The number of nitrogens with zero attached hydrogens (tertiary/aromatic N) is 1. The summed E-state index contributed by atoms with van der Waals surface area (Å²) in [5.41, 5.74) is 1.47. The van der Waals surface area contributed by atoms with E-state index in [0.29, 0.717) is 6.42 Å². The first-order chi connectivity index (χ1) is 10.7. The summed E-state index contributed by atoms with van der Waals surface area (Å²) in [4.78, 5) is 13.4. The van der Waals surface area contributed by atoms with Crippen LogP contribution in [0.15, 0.2) is 30.3 Å². The van der Waals surface area contributed by atoms with Crippen molar-refractivity contribution in [1.29, 1.82) is 0 Å². The molecule has 2 nitrogen and oxygen atoms in total. The maximum Gasteiger partial charge on any atom is 0.197 e. The van der Waals surface area contributed by atoms with E-state index in [9.17, 15) is 4.79 Å². The summed E-state index contributed by atoms with van der Waals surface area (Å²) in [6.45, 7) is 3.66. The minimum Gasteiger partial charge on any atom is -0.303 e. The molecule has 1 aromatic carbocycles. The van der Waals surface area contributed by atoms with Crippen molar-refractivity contribution >= 4 is 20.6 Å². The first-order valence-electron chi connectivity index (χ1n) is 8.68. The summed E-state index contributed by atoms with van der Waals surface area (Å²) in [5, 5.41) is 0. The molecule has 0 amide bonds. The quantitative estimate of drug-likeness (QED) is 0.462. The van der Waals surface area contributed by atoms with Crippen molar-refractivity contribution in [3.63, 3.8) is 0 Å². The Morgan fingerprint density at radius 3 is 2.50 bits per heavy atom. The molecule has 2 rings (SSSR count). The highest BCUT2D eigenvalue weighted by molar-refractivity contribution is 9.18. The Labute approximate surface area is 143 Å². The molecule has 0 unspecified atom stereocenters. The monoisotopic (exact) mass is 365 g/mol. The lowest BCUT2D eigenvalue weighted by Crippen LogP contribution is -2.34. The number of rotatable bonds is 9. The van der Waals surface area contributed by atoms with E-state index in [1.54, 1.807) is 0 Å². The van der Waals surface area contributed by atoms with Crippen molar-refractivity contribution in [2.75, 3.05) is 19.6 Å². The Balaban J connectivity index is 1.52. The molecule has 0 aromatic heterocycles. The first-order valence-corrected chi connectivity index (χ1v) is 9.48. The Bertz CT molecular complexity index is 426. The van der Waals surface area contributed by atoms with Gasteiger partial charge in [-0.3, -0.25) is 4.79 Å². The van der Waals surface area contributed by atoms with E-state index in [1.165, 1.54) is 50.8 Å². The van der Waals surface area contributed by atoms with Gasteiger partial charge in [-0.2, -0.15) is 0 Å². The lowest BCUT2D eigenvalue weighted by Gasteiger charge is -2.32. The molecule has 1 heterocycles. The van der Waals surface area contributed by atoms with Crippen LogP contribution in [0, 0.1) is 5.92 Å². The zero-order valence-corrected chi connectivity index (χ0v) is 15.1. The molecule has 0 atom stereocenters. The smallest absolute Gasteiger partial charge is 0.197 e. The van der Waals surface area contributed by atoms with Crippen molar-refractivity contribution in [3.05, 3.63) is 35.9 Å². The summed E-state index contributed by atoms with van der Waals surface area (Å²) >= 11 is 3.00. The van der Waals surface area contributed by atoms with Crippen molar-refractivity contribution in [2.45, 2.75) is 51.4 Å². The fourth-order valence-corrected chi connectivity index (χ4v) is 3.62. The Morgan fingerprint density at radius 2 is 1.82 bits per heavy atom. The molecule has 0 bridgehead atoms. The van der Waals surface area contributed by atoms with E-state index in [1.807, 2.05) is 0 Å². The fraction of sp³-hybridized carbons (Fsp3) is 0.632. The number of hydrogen-bond acceptors (Lipinski definition) is 2. The number of carbonyl (C=O) groups is 1. The largest absolute Gasteiger partial charge is 0.303 e. The van der Waals surface area contributed by atoms with Crippen LogP contribution in [0.1, 0.15) is 50.5 Å². The highest BCUT2D eigenvalue weighted by Crippen LogP contribution is 2.23. The second kappa shape index (κ2) is 10.2. The molecule has 1 aliphatic heterocycles. The molecular formula is C19H28BrNO. The van der Waals surface area contributed by atoms with Gasteiger partial charge >= 0.3 is 0 Å². The topological polar surface area (TPSA) is 20.3 Å². The summed E-state index contributed by atoms with van der Waals surface area (Å²) in [6.07, 6.45) is 9.47. The molecule has 1 aliphatic rings. The van der Waals surface area contributed by atoms with Crippen molar-refractivity contribution in [1.82, 2.24) is 4.90 Å². The molecular weight excluding hydrogens is 338 g/mol. The summed E-state index contributed by atoms with van der Waals surface area (Å²) in [7, 11) is 0. The molecule has 0 aliphatic carbocycles. The van der Waals surface area contributed by atoms with Crippen LogP contribution in [0.4, 0.5) is 0 Å². The molecule has 0 radical (unpaired) electrons. The zero-order chi connectivity index (χ0) is 15.6. The van der Waals surface area contributed by atoms with E-state index in [-0.39, 0.29) is 4.69 Å². The molecule has 122 valence electrons. The Kier molecular flexibility index (Phi) is 8.17. The minimum absolute atomic E-state index is 0.143. The Hall–Kier alpha value is -0.670. The van der Waals surface area contributed by atoms with Gasteiger partial charge in [-0.15, -0.1) is 0 Å². The summed E-state index contributed by atoms with van der Waals surface area (Å²) < 4.78 is 0.143. The number of halogens is 1. The van der Waals surface area contributed by atoms with Crippen molar-refractivity contribution in [2.24, 2.45) is 5.92 Å². The van der Waals surface area contributed by atoms with Gasteiger partial charge in [0.05, 0.1) is 0 Å². The van der Waals surface area contributed by atoms with Crippen molar-refractivity contribution < 1.29 is 4.79 Å². The predicted molar refractivity (Wildman–Crippen MR) is 96.3 cm³/mol. The van der Waals surface area contributed by atoms with Gasteiger partial charge in [0.25, 0.3) is 0 Å². The van der Waals surface area contributed by atoms with E-state index in [0.717, 1.165) is 25.3 Å². The van der Waals surface area contributed by atoms with Crippen LogP contribution in [-0.2, 0) is 11.2 Å². The lowest BCUT2D eigenvalue weighted by atomic mass is 9.90. The van der Waals surface area contributed by atoms with Crippen LogP contribution in [0.25, 0.3) is 0 Å². The third-order valence-corrected chi connectivity index (χ3v) is 5.12. The second-order valence-corrected chi connectivity index (χ2v) is 7.36. The third-order valence-electron chi connectivity index (χ3n) is 4.73. The van der Waals surface area contributed by atoms with Gasteiger partial charge in [0.1, 0.15) is 0 Å². The van der Waals surface area contributed by atoms with Crippen LogP contribution in [0.5, 0.6) is 0 Å². The maximum atomic E-state index is 10.8. The average molecular weight is 366 g/mol. The average Bonchev–Trinajstić information content (AvgIpc) is 2.54. The highest BCUT2D eigenvalue weighted by Gasteiger charge is 2.18. The predicted octanol–water partition coefficient (Wildman–Crippen LogP) is 4.81. The standard InChI is InChI=1S/C19H28BrNO/c20-19(22)11-4-5-14-21-15-12-18(13-16-21)10-6-9-17-7-2-1-3-8-17/h1-3,7-8,18H,4-6,9-16H2. The fourth-order valence-electron chi connectivity index (χ4n) is 3.34. The number of likely N-dealkylation sites (tertiary alicyclic amines) is 1. The first kappa shape index (κ1) is 17.7. The molecule has 0 N–H and O–H groups in total.